The molecule has 2 unspecified atom stereocenters. The van der Waals surface area contributed by atoms with Gasteiger partial charge in [-0.2, -0.15) is 0 Å². The molecule has 9 nitrogen and oxygen atoms in total. The first-order chi connectivity index (χ1) is 12.9. The van der Waals surface area contributed by atoms with Crippen molar-refractivity contribution in [2.45, 2.75) is 42.6 Å². The summed E-state index contributed by atoms with van der Waals surface area (Å²) in [7, 11) is 3.20. The average Bonchev–Trinajstić information content (AvgIpc) is 3.20. The quantitative estimate of drug-likeness (QED) is 0.747. The first-order valence-corrected chi connectivity index (χ1v) is 9.48. The van der Waals surface area contributed by atoms with Gasteiger partial charge in [-0.25, -0.2) is 4.68 Å². The third-order valence-electron chi connectivity index (χ3n) is 5.07. The number of fused-ring (bicyclic) bond motifs is 1. The molecule has 2 saturated heterocycles. The minimum absolute atomic E-state index is 0.0243. The second-order valence-electron chi connectivity index (χ2n) is 7.17. The number of rotatable bonds is 5. The molecule has 0 aliphatic carbocycles. The molecule has 2 N–H and O–H groups in total. The number of nitrogens with zero attached hydrogens (tertiary/aromatic N) is 5. The molecule has 4 rings (SSSR count). The molecule has 0 bridgehead atoms. The Hall–Kier alpha value is -2.33. The summed E-state index contributed by atoms with van der Waals surface area (Å²) in [6, 6.07) is 5.01. The highest BCUT2D eigenvalue weighted by molar-refractivity contribution is 8.01. The molecular weight excluding hydrogens is 368 g/mol. The lowest BCUT2D eigenvalue weighted by atomic mass is 9.95. The smallest absolute Gasteiger partial charge is 0.244 e. The Morgan fingerprint density at radius 3 is 2.70 bits per heavy atom. The fraction of sp³-hybridized carbons (Fsp3) is 0.529. The number of carbonyl (C=O) groups excluding carboxylic acids is 1. The molecule has 144 valence electrons. The van der Waals surface area contributed by atoms with Crippen LogP contribution >= 0.6 is 11.8 Å². The van der Waals surface area contributed by atoms with Crippen molar-refractivity contribution < 1.29 is 14.3 Å². The number of amides is 1. The van der Waals surface area contributed by atoms with Crippen LogP contribution in [-0.4, -0.2) is 61.4 Å². The van der Waals surface area contributed by atoms with E-state index in [2.05, 4.69) is 29.4 Å². The van der Waals surface area contributed by atoms with Gasteiger partial charge < -0.3 is 20.1 Å². The lowest BCUT2D eigenvalue weighted by molar-refractivity contribution is -0.147. The number of hydrogen-bond acceptors (Lipinski definition) is 8. The SMILES string of the molecule is COc1ccc(Cn2nnnc2C2N3C(=O)C(N)[C@@H]3SC2(C)C)cc1OC. The van der Waals surface area contributed by atoms with Gasteiger partial charge in [0.25, 0.3) is 0 Å². The van der Waals surface area contributed by atoms with Gasteiger partial charge in [0.2, 0.25) is 5.91 Å². The molecule has 2 aromatic rings. The van der Waals surface area contributed by atoms with Crippen LogP contribution in [0.25, 0.3) is 0 Å². The Morgan fingerprint density at radius 1 is 1.26 bits per heavy atom. The minimum atomic E-state index is -0.450. The third kappa shape index (κ3) is 2.74. The number of thioether (sulfide) groups is 1. The number of β-lactam (4-membered cyclic amide) rings is 1. The Labute approximate surface area is 161 Å². The number of methoxy groups -OCH3 is 2. The fourth-order valence-electron chi connectivity index (χ4n) is 3.73. The molecular formula is C17H22N6O3S. The monoisotopic (exact) mass is 390 g/mol. The van der Waals surface area contributed by atoms with Crippen LogP contribution < -0.4 is 15.2 Å². The molecule has 1 aromatic heterocycles. The molecule has 10 heteroatoms. The van der Waals surface area contributed by atoms with E-state index in [9.17, 15) is 4.79 Å². The highest BCUT2D eigenvalue weighted by Crippen LogP contribution is 2.56. The summed E-state index contributed by atoms with van der Waals surface area (Å²) < 4.78 is 12.1. The van der Waals surface area contributed by atoms with E-state index in [0.717, 1.165) is 5.56 Å². The van der Waals surface area contributed by atoms with Gasteiger partial charge in [0.15, 0.2) is 17.3 Å². The normalized spacial score (nSPS) is 25.9. The number of hydrogen-bond donors (Lipinski definition) is 1. The number of ether oxygens (including phenoxy) is 2. The molecule has 3 heterocycles. The van der Waals surface area contributed by atoms with Gasteiger partial charge in [0.1, 0.15) is 17.5 Å². The summed E-state index contributed by atoms with van der Waals surface area (Å²) in [5.74, 6) is 1.91. The van der Waals surface area contributed by atoms with E-state index in [1.165, 1.54) is 0 Å². The van der Waals surface area contributed by atoms with Crippen LogP contribution in [0.1, 0.15) is 31.3 Å². The van der Waals surface area contributed by atoms with Crippen LogP contribution in [0.5, 0.6) is 11.5 Å². The highest BCUT2D eigenvalue weighted by atomic mass is 32.2. The standard InChI is InChI=1S/C17H22N6O3S/c1-17(2)13(23-15(24)12(18)16(23)27-17)14-19-20-21-22(14)8-9-5-6-10(25-3)11(7-9)26-4/h5-7,12-13,16H,8,18H2,1-4H3/t12?,13?,16-/m0/s1. The van der Waals surface area contributed by atoms with Crippen LogP contribution in [0.4, 0.5) is 0 Å². The largest absolute Gasteiger partial charge is 0.493 e. The van der Waals surface area contributed by atoms with Gasteiger partial charge in [-0.05, 0) is 42.0 Å². The van der Waals surface area contributed by atoms with E-state index in [4.69, 9.17) is 15.2 Å². The summed E-state index contributed by atoms with van der Waals surface area (Å²) in [5, 5.41) is 12.2. The van der Waals surface area contributed by atoms with Gasteiger partial charge in [-0.3, -0.25) is 4.79 Å². The predicted molar refractivity (Wildman–Crippen MR) is 99.5 cm³/mol. The zero-order valence-electron chi connectivity index (χ0n) is 15.6. The van der Waals surface area contributed by atoms with Gasteiger partial charge in [-0.15, -0.1) is 16.9 Å². The summed E-state index contributed by atoms with van der Waals surface area (Å²) in [4.78, 5) is 14.2. The maximum Gasteiger partial charge on any atom is 0.244 e. The number of tetrazole rings is 1. The topological polar surface area (TPSA) is 108 Å². The van der Waals surface area contributed by atoms with Crippen molar-refractivity contribution in [3.05, 3.63) is 29.6 Å². The summed E-state index contributed by atoms with van der Waals surface area (Å²) in [6.45, 7) is 4.64. The fourth-order valence-corrected chi connectivity index (χ4v) is 5.30. The molecule has 27 heavy (non-hydrogen) atoms. The summed E-state index contributed by atoms with van der Waals surface area (Å²) >= 11 is 1.70. The number of aromatic nitrogens is 4. The Kier molecular flexibility index (Phi) is 4.26. The number of carbonyl (C=O) groups is 1. The third-order valence-corrected chi connectivity index (χ3v) is 6.66. The van der Waals surface area contributed by atoms with E-state index >= 15 is 0 Å². The van der Waals surface area contributed by atoms with Crippen molar-refractivity contribution in [3.8, 4) is 11.5 Å². The van der Waals surface area contributed by atoms with Crippen molar-refractivity contribution in [1.82, 2.24) is 25.1 Å². The van der Waals surface area contributed by atoms with E-state index in [0.29, 0.717) is 23.9 Å². The highest BCUT2D eigenvalue weighted by Gasteiger charge is 2.62. The zero-order valence-corrected chi connectivity index (χ0v) is 16.4. The van der Waals surface area contributed by atoms with Crippen LogP contribution in [-0.2, 0) is 11.3 Å². The average molecular weight is 390 g/mol. The Morgan fingerprint density at radius 2 is 2.00 bits per heavy atom. The van der Waals surface area contributed by atoms with Crippen molar-refractivity contribution in [3.63, 3.8) is 0 Å². The molecule has 0 saturated carbocycles. The van der Waals surface area contributed by atoms with Crippen molar-refractivity contribution >= 4 is 17.7 Å². The minimum Gasteiger partial charge on any atom is -0.493 e. The second-order valence-corrected chi connectivity index (χ2v) is 8.94. The van der Waals surface area contributed by atoms with Crippen LogP contribution in [0, 0.1) is 0 Å². The first-order valence-electron chi connectivity index (χ1n) is 8.60. The molecule has 3 atom stereocenters. The van der Waals surface area contributed by atoms with Crippen LogP contribution in [0.15, 0.2) is 18.2 Å². The molecule has 0 radical (unpaired) electrons. The number of nitrogens with two attached hydrogens (primary N) is 1. The summed E-state index contributed by atoms with van der Waals surface area (Å²) in [6.07, 6.45) is 0. The van der Waals surface area contributed by atoms with E-state index in [-0.39, 0.29) is 22.1 Å². The molecule has 2 aliphatic rings. The molecule has 0 spiro atoms. The molecule has 2 aliphatic heterocycles. The zero-order chi connectivity index (χ0) is 19.3. The Bertz CT molecular complexity index is 885. The van der Waals surface area contributed by atoms with Crippen LogP contribution in [0.3, 0.4) is 0 Å². The van der Waals surface area contributed by atoms with Crippen LogP contribution in [0.2, 0.25) is 0 Å². The molecule has 2 fully saturated rings. The summed E-state index contributed by atoms with van der Waals surface area (Å²) in [5.41, 5.74) is 6.93. The maximum atomic E-state index is 12.3. The van der Waals surface area contributed by atoms with E-state index in [1.54, 1.807) is 30.7 Å². The lowest BCUT2D eigenvalue weighted by Gasteiger charge is -2.42. The van der Waals surface area contributed by atoms with Crippen molar-refractivity contribution in [1.29, 1.82) is 0 Å². The predicted octanol–water partition coefficient (Wildman–Crippen LogP) is 0.801. The second kappa shape index (κ2) is 6.38. The molecule has 1 aromatic carbocycles. The van der Waals surface area contributed by atoms with E-state index in [1.807, 2.05) is 23.1 Å². The van der Waals surface area contributed by atoms with Gasteiger partial charge in [0.05, 0.1) is 20.8 Å². The van der Waals surface area contributed by atoms with Crippen molar-refractivity contribution in [2.24, 2.45) is 5.73 Å². The maximum absolute atomic E-state index is 12.3. The van der Waals surface area contributed by atoms with Gasteiger partial charge >= 0.3 is 0 Å². The van der Waals surface area contributed by atoms with E-state index < -0.39 is 6.04 Å². The Balaban J connectivity index is 1.65. The van der Waals surface area contributed by atoms with Gasteiger partial charge in [-0.1, -0.05) is 6.07 Å². The first kappa shape index (κ1) is 18.1. The lowest BCUT2D eigenvalue weighted by Crippen LogP contribution is -2.65. The molecule has 1 amide bonds. The number of benzene rings is 1. The van der Waals surface area contributed by atoms with Gasteiger partial charge in [0, 0.05) is 4.75 Å². The van der Waals surface area contributed by atoms with Crippen molar-refractivity contribution in [2.75, 3.05) is 14.2 Å².